The normalized spacial score (nSPS) is 11.7. The Morgan fingerprint density at radius 2 is 1.84 bits per heavy atom. The number of aryl methyl sites for hydroxylation is 2. The quantitative estimate of drug-likeness (QED) is 0.882. The van der Waals surface area contributed by atoms with Crippen molar-refractivity contribution in [3.05, 3.63) is 64.2 Å². The summed E-state index contributed by atoms with van der Waals surface area (Å²) in [6.07, 6.45) is 0. The summed E-state index contributed by atoms with van der Waals surface area (Å²) in [6.45, 7) is 3.98. The number of nitrogens with one attached hydrogen (secondary N) is 1. The van der Waals surface area contributed by atoms with Crippen LogP contribution in [0.5, 0.6) is 0 Å². The molecule has 0 saturated heterocycles. The summed E-state index contributed by atoms with van der Waals surface area (Å²) in [5.74, 6) is 0. The molecule has 0 spiro atoms. The van der Waals surface area contributed by atoms with Gasteiger partial charge in [-0.05, 0) is 48.7 Å². The van der Waals surface area contributed by atoms with Gasteiger partial charge in [0.1, 0.15) is 6.04 Å². The van der Waals surface area contributed by atoms with E-state index in [1.807, 2.05) is 56.3 Å². The molecule has 1 N–H and O–H groups in total. The van der Waals surface area contributed by atoms with Gasteiger partial charge < -0.3 is 5.32 Å². The molecule has 0 radical (unpaired) electrons. The monoisotopic (exact) mass is 270 g/mol. The second-order valence-electron chi connectivity index (χ2n) is 4.52. The first-order valence-electron chi connectivity index (χ1n) is 6.09. The summed E-state index contributed by atoms with van der Waals surface area (Å²) in [7, 11) is 0. The summed E-state index contributed by atoms with van der Waals surface area (Å²) in [5.41, 5.74) is 4.06. The molecule has 2 nitrogen and oxygen atoms in total. The Balaban J connectivity index is 2.31. The molecule has 0 bridgehead atoms. The molecule has 0 heterocycles. The van der Waals surface area contributed by atoms with Gasteiger partial charge >= 0.3 is 0 Å². The van der Waals surface area contributed by atoms with Crippen LogP contribution in [0.2, 0.25) is 5.02 Å². The standard InChI is InChI=1S/C16H15ClN2/c1-11-5-3-4-6-15(11)19-16(10-18)14-8-7-13(17)9-12(14)2/h3-9,16,19H,1-2H3. The number of halogens is 1. The Hall–Kier alpha value is -1.98. The highest BCUT2D eigenvalue weighted by Crippen LogP contribution is 2.25. The summed E-state index contributed by atoms with van der Waals surface area (Å²) in [6, 6.07) is 15.4. The first kappa shape index (κ1) is 13.5. The highest BCUT2D eigenvalue weighted by molar-refractivity contribution is 6.30. The Morgan fingerprint density at radius 1 is 1.11 bits per heavy atom. The fraction of sp³-hybridized carbons (Fsp3) is 0.188. The average Bonchev–Trinajstić information content (AvgIpc) is 2.39. The number of hydrogen-bond donors (Lipinski definition) is 1. The number of hydrogen-bond acceptors (Lipinski definition) is 2. The fourth-order valence-corrected chi connectivity index (χ4v) is 2.26. The van der Waals surface area contributed by atoms with Crippen molar-refractivity contribution in [2.75, 3.05) is 5.32 Å². The molecule has 0 saturated carbocycles. The molecule has 0 fully saturated rings. The smallest absolute Gasteiger partial charge is 0.140 e. The van der Waals surface area contributed by atoms with Gasteiger partial charge in [0.05, 0.1) is 6.07 Å². The third-order valence-electron chi connectivity index (χ3n) is 3.12. The van der Waals surface area contributed by atoms with E-state index in [4.69, 9.17) is 11.6 Å². The zero-order chi connectivity index (χ0) is 13.8. The van der Waals surface area contributed by atoms with E-state index < -0.39 is 0 Å². The van der Waals surface area contributed by atoms with Crippen LogP contribution in [0.3, 0.4) is 0 Å². The molecule has 19 heavy (non-hydrogen) atoms. The molecular weight excluding hydrogens is 256 g/mol. The Labute approximate surface area is 118 Å². The van der Waals surface area contributed by atoms with Crippen LogP contribution in [0, 0.1) is 25.2 Å². The lowest BCUT2D eigenvalue weighted by atomic mass is 10.0. The van der Waals surface area contributed by atoms with Crippen LogP contribution >= 0.6 is 11.6 Å². The molecule has 3 heteroatoms. The Kier molecular flexibility index (Phi) is 4.09. The maximum absolute atomic E-state index is 9.38. The number of para-hydroxylation sites is 1. The summed E-state index contributed by atoms with van der Waals surface area (Å²) in [4.78, 5) is 0. The van der Waals surface area contributed by atoms with Gasteiger partial charge in [0.2, 0.25) is 0 Å². The first-order valence-corrected chi connectivity index (χ1v) is 6.47. The van der Waals surface area contributed by atoms with E-state index in [-0.39, 0.29) is 6.04 Å². The van der Waals surface area contributed by atoms with Crippen molar-refractivity contribution in [3.8, 4) is 6.07 Å². The van der Waals surface area contributed by atoms with Gasteiger partial charge in [0.25, 0.3) is 0 Å². The molecule has 1 unspecified atom stereocenters. The predicted octanol–water partition coefficient (Wildman–Crippen LogP) is 4.63. The van der Waals surface area contributed by atoms with Crippen molar-refractivity contribution >= 4 is 17.3 Å². The van der Waals surface area contributed by atoms with Gasteiger partial charge in [0.15, 0.2) is 0 Å². The average molecular weight is 271 g/mol. The van der Waals surface area contributed by atoms with Crippen LogP contribution in [0.15, 0.2) is 42.5 Å². The third-order valence-corrected chi connectivity index (χ3v) is 3.35. The Morgan fingerprint density at radius 3 is 2.47 bits per heavy atom. The van der Waals surface area contributed by atoms with Gasteiger partial charge in [-0.1, -0.05) is 35.9 Å². The van der Waals surface area contributed by atoms with Gasteiger partial charge in [-0.2, -0.15) is 5.26 Å². The van der Waals surface area contributed by atoms with Crippen LogP contribution in [0.1, 0.15) is 22.7 Å². The van der Waals surface area contributed by atoms with Crippen LogP contribution in [0.25, 0.3) is 0 Å². The zero-order valence-corrected chi connectivity index (χ0v) is 11.7. The molecule has 0 aliphatic heterocycles. The van der Waals surface area contributed by atoms with Crippen molar-refractivity contribution in [1.29, 1.82) is 5.26 Å². The zero-order valence-electron chi connectivity index (χ0n) is 10.9. The number of nitrogens with zero attached hydrogens (tertiary/aromatic N) is 1. The van der Waals surface area contributed by atoms with Gasteiger partial charge in [-0.3, -0.25) is 0 Å². The summed E-state index contributed by atoms with van der Waals surface area (Å²) >= 11 is 5.95. The molecule has 2 aromatic carbocycles. The minimum absolute atomic E-state index is 0.377. The highest BCUT2D eigenvalue weighted by Gasteiger charge is 2.13. The second-order valence-corrected chi connectivity index (χ2v) is 4.96. The van der Waals surface area contributed by atoms with Crippen molar-refractivity contribution in [3.63, 3.8) is 0 Å². The number of anilines is 1. The van der Waals surface area contributed by atoms with E-state index in [0.29, 0.717) is 5.02 Å². The molecule has 1 atom stereocenters. The van der Waals surface area contributed by atoms with E-state index in [1.165, 1.54) is 0 Å². The lowest BCUT2D eigenvalue weighted by Crippen LogP contribution is -2.10. The van der Waals surface area contributed by atoms with E-state index in [2.05, 4.69) is 11.4 Å². The number of rotatable bonds is 3. The third kappa shape index (κ3) is 3.07. The van der Waals surface area contributed by atoms with Crippen molar-refractivity contribution in [2.24, 2.45) is 0 Å². The van der Waals surface area contributed by atoms with Gasteiger partial charge in [0, 0.05) is 10.7 Å². The maximum atomic E-state index is 9.38. The lowest BCUT2D eigenvalue weighted by molar-refractivity contribution is 0.978. The van der Waals surface area contributed by atoms with Crippen LogP contribution in [-0.4, -0.2) is 0 Å². The second kappa shape index (κ2) is 5.77. The maximum Gasteiger partial charge on any atom is 0.140 e. The predicted molar refractivity (Wildman–Crippen MR) is 79.3 cm³/mol. The Bertz CT molecular complexity index is 629. The van der Waals surface area contributed by atoms with Gasteiger partial charge in [-0.15, -0.1) is 0 Å². The lowest BCUT2D eigenvalue weighted by Gasteiger charge is -2.17. The van der Waals surface area contributed by atoms with Crippen molar-refractivity contribution in [1.82, 2.24) is 0 Å². The van der Waals surface area contributed by atoms with Crippen LogP contribution in [0.4, 0.5) is 5.69 Å². The molecule has 2 rings (SSSR count). The number of nitriles is 1. The molecule has 2 aromatic rings. The largest absolute Gasteiger partial charge is 0.366 e. The van der Waals surface area contributed by atoms with E-state index in [0.717, 1.165) is 22.4 Å². The molecule has 0 aliphatic carbocycles. The van der Waals surface area contributed by atoms with Crippen LogP contribution in [-0.2, 0) is 0 Å². The summed E-state index contributed by atoms with van der Waals surface area (Å²) < 4.78 is 0. The summed E-state index contributed by atoms with van der Waals surface area (Å²) in [5, 5.41) is 13.3. The van der Waals surface area contributed by atoms with E-state index >= 15 is 0 Å². The molecule has 0 amide bonds. The van der Waals surface area contributed by atoms with E-state index in [9.17, 15) is 5.26 Å². The SMILES string of the molecule is Cc1ccccc1NC(C#N)c1ccc(Cl)cc1C. The molecular formula is C16H15ClN2. The molecule has 96 valence electrons. The first-order chi connectivity index (χ1) is 9.11. The van der Waals surface area contributed by atoms with Crippen molar-refractivity contribution < 1.29 is 0 Å². The van der Waals surface area contributed by atoms with Crippen LogP contribution < -0.4 is 5.32 Å². The fourth-order valence-electron chi connectivity index (χ4n) is 2.03. The minimum atomic E-state index is -0.377. The number of benzene rings is 2. The van der Waals surface area contributed by atoms with Gasteiger partial charge in [-0.25, -0.2) is 0 Å². The molecule has 0 aliphatic rings. The minimum Gasteiger partial charge on any atom is -0.366 e. The van der Waals surface area contributed by atoms with Crippen molar-refractivity contribution in [2.45, 2.75) is 19.9 Å². The van der Waals surface area contributed by atoms with E-state index in [1.54, 1.807) is 0 Å². The highest BCUT2D eigenvalue weighted by atomic mass is 35.5. The molecule has 0 aromatic heterocycles. The topological polar surface area (TPSA) is 35.8 Å².